The molecule has 6 nitrogen and oxygen atoms in total. The number of rotatable bonds is 6. The van der Waals surface area contributed by atoms with Gasteiger partial charge in [-0.15, -0.1) is 10.2 Å². The number of aromatic nitrogens is 4. The summed E-state index contributed by atoms with van der Waals surface area (Å²) in [7, 11) is 0. The van der Waals surface area contributed by atoms with Gasteiger partial charge in [0.15, 0.2) is 5.65 Å². The normalized spacial score (nSPS) is 13.6. The molecule has 0 fully saturated rings. The highest BCUT2D eigenvalue weighted by atomic mass is 32.2. The number of hydrogen-bond donors (Lipinski definition) is 0. The Bertz CT molecular complexity index is 1550. The van der Waals surface area contributed by atoms with E-state index in [2.05, 4.69) is 46.0 Å². The summed E-state index contributed by atoms with van der Waals surface area (Å²) in [6.07, 6.45) is 1.64. The van der Waals surface area contributed by atoms with Gasteiger partial charge >= 0.3 is 0 Å². The van der Waals surface area contributed by atoms with Gasteiger partial charge in [0.2, 0.25) is 11.1 Å². The maximum atomic E-state index is 14.0. The maximum absolute atomic E-state index is 14.0. The third-order valence-corrected chi connectivity index (χ3v) is 8.68. The van der Waals surface area contributed by atoms with E-state index in [-0.39, 0.29) is 11.2 Å². The van der Waals surface area contributed by atoms with Crippen molar-refractivity contribution in [2.45, 2.75) is 53.4 Å². The van der Waals surface area contributed by atoms with Crippen molar-refractivity contribution in [2.24, 2.45) is 0 Å². The summed E-state index contributed by atoms with van der Waals surface area (Å²) >= 11 is 3.09. The molecule has 0 spiro atoms. The van der Waals surface area contributed by atoms with Gasteiger partial charge in [-0.25, -0.2) is 4.98 Å². The number of fused-ring (bicyclic) bond motifs is 5. The third-order valence-electron chi connectivity index (χ3n) is 6.35. The van der Waals surface area contributed by atoms with Crippen molar-refractivity contribution in [3.63, 3.8) is 0 Å². The number of hydrogen-bond acceptors (Lipinski definition) is 6. The molecule has 0 bridgehead atoms. The van der Waals surface area contributed by atoms with E-state index in [9.17, 15) is 4.79 Å². The first-order valence-corrected chi connectivity index (χ1v) is 13.9. The minimum atomic E-state index is -0.350. The zero-order chi connectivity index (χ0) is 24.6. The van der Waals surface area contributed by atoms with Gasteiger partial charge in [0.1, 0.15) is 5.52 Å². The van der Waals surface area contributed by atoms with Gasteiger partial charge in [-0.3, -0.25) is 9.69 Å². The number of aryl methyl sites for hydroxylation is 1. The Morgan fingerprint density at radius 1 is 0.917 bits per heavy atom. The number of para-hydroxylation sites is 3. The molecule has 0 radical (unpaired) electrons. The standard InChI is InChI=1S/C28H25N5OS2/c1-3-17-32-19-12-6-5-11-18(19)25-26(32)29-28(31-30-25)36-22(4-2)27(34)33-20-13-7-9-15-23(20)35-24-16-10-8-14-21(24)33/h5-16,22H,3-4,17H2,1-2H3/t22-/m0/s1. The molecule has 36 heavy (non-hydrogen) atoms. The molecule has 2 aromatic heterocycles. The van der Waals surface area contributed by atoms with Gasteiger partial charge in [0.05, 0.1) is 22.1 Å². The smallest absolute Gasteiger partial charge is 0.245 e. The molecule has 8 heteroatoms. The predicted octanol–water partition coefficient (Wildman–Crippen LogP) is 7.09. The number of anilines is 2. The van der Waals surface area contributed by atoms with E-state index in [1.54, 1.807) is 11.8 Å². The average Bonchev–Trinajstić information content (AvgIpc) is 3.23. The van der Waals surface area contributed by atoms with Crippen LogP contribution in [-0.2, 0) is 11.3 Å². The van der Waals surface area contributed by atoms with Crippen molar-refractivity contribution in [3.05, 3.63) is 72.8 Å². The summed E-state index contributed by atoms with van der Waals surface area (Å²) in [6, 6.07) is 24.4. The van der Waals surface area contributed by atoms with Gasteiger partial charge in [0.25, 0.3) is 0 Å². The quantitative estimate of drug-likeness (QED) is 0.227. The molecule has 180 valence electrons. The van der Waals surface area contributed by atoms with Crippen molar-refractivity contribution in [1.29, 1.82) is 0 Å². The average molecular weight is 512 g/mol. The summed E-state index contributed by atoms with van der Waals surface area (Å²) in [5, 5.41) is 10.2. The highest BCUT2D eigenvalue weighted by molar-refractivity contribution is 8.00. The zero-order valence-corrected chi connectivity index (χ0v) is 21.7. The lowest BCUT2D eigenvalue weighted by Gasteiger charge is -2.33. The lowest BCUT2D eigenvalue weighted by molar-refractivity contribution is -0.117. The molecule has 6 rings (SSSR count). The van der Waals surface area contributed by atoms with Crippen molar-refractivity contribution >= 4 is 62.9 Å². The molecular weight excluding hydrogens is 486 g/mol. The van der Waals surface area contributed by atoms with Gasteiger partial charge in [-0.1, -0.05) is 79.8 Å². The first-order chi connectivity index (χ1) is 17.7. The van der Waals surface area contributed by atoms with E-state index in [4.69, 9.17) is 4.98 Å². The number of nitrogens with zero attached hydrogens (tertiary/aromatic N) is 5. The molecule has 3 aromatic carbocycles. The maximum Gasteiger partial charge on any atom is 0.245 e. The minimum absolute atomic E-state index is 0.0282. The molecule has 1 atom stereocenters. The van der Waals surface area contributed by atoms with E-state index in [0.29, 0.717) is 11.6 Å². The number of carbonyl (C=O) groups is 1. The lowest BCUT2D eigenvalue weighted by atomic mass is 10.2. The number of benzene rings is 3. The summed E-state index contributed by atoms with van der Waals surface area (Å²) in [4.78, 5) is 23.0. The van der Waals surface area contributed by atoms with Crippen LogP contribution in [0, 0.1) is 0 Å². The number of amides is 1. The van der Waals surface area contributed by atoms with Crippen LogP contribution < -0.4 is 4.90 Å². The minimum Gasteiger partial charge on any atom is -0.324 e. The second-order valence-corrected chi connectivity index (χ2v) is 10.9. The fourth-order valence-electron chi connectivity index (χ4n) is 4.71. The van der Waals surface area contributed by atoms with Crippen molar-refractivity contribution in [2.75, 3.05) is 4.90 Å². The molecule has 0 saturated carbocycles. The van der Waals surface area contributed by atoms with Gasteiger partial charge in [-0.2, -0.15) is 0 Å². The molecule has 1 amide bonds. The fraction of sp³-hybridized carbons (Fsp3) is 0.214. The van der Waals surface area contributed by atoms with Gasteiger partial charge in [0, 0.05) is 21.7 Å². The summed E-state index contributed by atoms with van der Waals surface area (Å²) in [6.45, 7) is 5.04. The Hall–Kier alpha value is -3.36. The van der Waals surface area contributed by atoms with Crippen LogP contribution >= 0.6 is 23.5 Å². The van der Waals surface area contributed by atoms with Crippen LogP contribution in [-0.4, -0.2) is 30.9 Å². The first kappa shape index (κ1) is 23.1. The lowest BCUT2D eigenvalue weighted by Crippen LogP contribution is -2.35. The van der Waals surface area contributed by atoms with Crippen LogP contribution in [0.25, 0.3) is 22.1 Å². The van der Waals surface area contributed by atoms with Crippen LogP contribution in [0.3, 0.4) is 0 Å². The summed E-state index contributed by atoms with van der Waals surface area (Å²) in [5.74, 6) is 0.0282. The monoisotopic (exact) mass is 511 g/mol. The highest BCUT2D eigenvalue weighted by Crippen LogP contribution is 2.48. The number of carbonyl (C=O) groups excluding carboxylic acids is 1. The second-order valence-electron chi connectivity index (χ2n) is 8.66. The van der Waals surface area contributed by atoms with E-state index >= 15 is 0 Å². The Balaban J connectivity index is 1.38. The molecule has 3 heterocycles. The molecule has 0 saturated heterocycles. The Morgan fingerprint density at radius 3 is 2.28 bits per heavy atom. The van der Waals surface area contributed by atoms with Crippen molar-refractivity contribution in [1.82, 2.24) is 19.7 Å². The predicted molar refractivity (Wildman–Crippen MR) is 147 cm³/mol. The van der Waals surface area contributed by atoms with Crippen LogP contribution in [0.5, 0.6) is 0 Å². The molecule has 0 N–H and O–H groups in total. The SMILES string of the molecule is CCCn1c2ccccc2c2nnc(S[C@@H](CC)C(=O)N3c4ccccc4Sc4ccccc43)nc21. The Labute approximate surface area is 218 Å². The van der Waals surface area contributed by atoms with Crippen LogP contribution in [0.4, 0.5) is 11.4 Å². The molecular formula is C28H25N5OS2. The topological polar surface area (TPSA) is 63.9 Å². The molecule has 5 aromatic rings. The van der Waals surface area contributed by atoms with E-state index < -0.39 is 0 Å². The van der Waals surface area contributed by atoms with Crippen LogP contribution in [0.2, 0.25) is 0 Å². The van der Waals surface area contributed by atoms with Crippen LogP contribution in [0.15, 0.2) is 87.7 Å². The highest BCUT2D eigenvalue weighted by Gasteiger charge is 2.33. The van der Waals surface area contributed by atoms with Crippen molar-refractivity contribution < 1.29 is 4.79 Å². The Morgan fingerprint density at radius 2 is 1.58 bits per heavy atom. The summed E-state index contributed by atoms with van der Waals surface area (Å²) < 4.78 is 2.21. The first-order valence-electron chi connectivity index (χ1n) is 12.2. The molecule has 1 aliphatic rings. The fourth-order valence-corrected chi connectivity index (χ4v) is 6.62. The second kappa shape index (κ2) is 9.59. The molecule has 0 aliphatic carbocycles. The Kier molecular flexibility index (Phi) is 6.15. The third kappa shape index (κ3) is 3.85. The van der Waals surface area contributed by atoms with Crippen molar-refractivity contribution in [3.8, 4) is 0 Å². The van der Waals surface area contributed by atoms with Gasteiger partial charge in [-0.05, 0) is 43.2 Å². The largest absolute Gasteiger partial charge is 0.324 e. The molecule has 0 unspecified atom stereocenters. The van der Waals surface area contributed by atoms with E-state index in [1.807, 2.05) is 60.4 Å². The van der Waals surface area contributed by atoms with E-state index in [1.165, 1.54) is 11.8 Å². The van der Waals surface area contributed by atoms with Gasteiger partial charge < -0.3 is 4.57 Å². The van der Waals surface area contributed by atoms with E-state index in [0.717, 1.165) is 56.2 Å². The molecule has 1 aliphatic heterocycles. The zero-order valence-electron chi connectivity index (χ0n) is 20.1. The summed E-state index contributed by atoms with van der Waals surface area (Å²) in [5.41, 5.74) is 4.58. The number of thioether (sulfide) groups is 1. The van der Waals surface area contributed by atoms with Crippen LogP contribution in [0.1, 0.15) is 26.7 Å².